The fourth-order valence-electron chi connectivity index (χ4n) is 2.64. The topological polar surface area (TPSA) is 0 Å². The lowest BCUT2D eigenvalue weighted by Crippen LogP contribution is -3.00. The summed E-state index contributed by atoms with van der Waals surface area (Å²) in [6, 6.07) is 6.23. The second kappa shape index (κ2) is 6.42. The molecule has 0 amide bonds. The Morgan fingerprint density at radius 3 is 2.17 bits per heavy atom. The molecule has 0 atom stereocenters. The standard InChI is InChI=1S/C14H25ClNSi.ClH/c1-12-9-14(15)8-7-13(12)10-16(2,3)11-17(4,5)6;/h7-9H,10-11H2,1-6H3;1H/q+1;/p-1. The van der Waals surface area contributed by atoms with Crippen LogP contribution in [0.25, 0.3) is 0 Å². The maximum absolute atomic E-state index is 6.00. The van der Waals surface area contributed by atoms with Gasteiger partial charge in [0.05, 0.1) is 20.3 Å². The van der Waals surface area contributed by atoms with Crippen molar-refractivity contribution in [3.63, 3.8) is 0 Å². The maximum Gasteiger partial charge on any atom is 0.110 e. The molecule has 0 fully saturated rings. The van der Waals surface area contributed by atoms with E-state index in [4.69, 9.17) is 11.6 Å². The Hall–Kier alpha value is -0.0231. The van der Waals surface area contributed by atoms with Crippen molar-refractivity contribution >= 4 is 19.7 Å². The number of hydrogen-bond acceptors (Lipinski definition) is 0. The van der Waals surface area contributed by atoms with Crippen LogP contribution < -0.4 is 12.4 Å². The first-order valence-electron chi connectivity index (χ1n) is 6.16. The Labute approximate surface area is 124 Å². The molecule has 0 aromatic heterocycles. The van der Waals surface area contributed by atoms with Crippen LogP contribution in [0.3, 0.4) is 0 Å². The van der Waals surface area contributed by atoms with E-state index in [9.17, 15) is 0 Å². The molecule has 1 aromatic carbocycles. The minimum absolute atomic E-state index is 0. The minimum Gasteiger partial charge on any atom is -1.00 e. The SMILES string of the molecule is Cc1cc(Cl)ccc1C[N+](C)(C)C[Si](C)(C)C.[Cl-]. The number of halogens is 2. The molecule has 1 nitrogen and oxygen atoms in total. The highest BCUT2D eigenvalue weighted by molar-refractivity contribution is 6.75. The van der Waals surface area contributed by atoms with E-state index >= 15 is 0 Å². The van der Waals surface area contributed by atoms with Gasteiger partial charge in [-0.25, -0.2) is 0 Å². The molecule has 0 aliphatic heterocycles. The van der Waals surface area contributed by atoms with Gasteiger partial charge < -0.3 is 16.9 Å². The van der Waals surface area contributed by atoms with Crippen LogP contribution in [0.1, 0.15) is 11.1 Å². The van der Waals surface area contributed by atoms with Crippen molar-refractivity contribution in [3.8, 4) is 0 Å². The molecule has 1 rings (SSSR count). The van der Waals surface area contributed by atoms with E-state index in [1.165, 1.54) is 17.3 Å². The van der Waals surface area contributed by atoms with Crippen LogP contribution in [0.2, 0.25) is 24.7 Å². The predicted octanol–water partition coefficient (Wildman–Crippen LogP) is 1.11. The van der Waals surface area contributed by atoms with Crippen LogP contribution in [0.5, 0.6) is 0 Å². The average Bonchev–Trinajstić information content (AvgIpc) is 2.05. The van der Waals surface area contributed by atoms with Crippen LogP contribution in [0, 0.1) is 6.92 Å². The van der Waals surface area contributed by atoms with Gasteiger partial charge in [0, 0.05) is 10.6 Å². The third kappa shape index (κ3) is 6.23. The van der Waals surface area contributed by atoms with Gasteiger partial charge in [-0.3, -0.25) is 0 Å². The summed E-state index contributed by atoms with van der Waals surface area (Å²) in [5.74, 6) is 0. The van der Waals surface area contributed by atoms with Crippen LogP contribution in [0.4, 0.5) is 0 Å². The average molecular weight is 306 g/mol. The van der Waals surface area contributed by atoms with Crippen molar-refractivity contribution in [2.45, 2.75) is 33.1 Å². The highest BCUT2D eigenvalue weighted by Gasteiger charge is 2.26. The van der Waals surface area contributed by atoms with Crippen molar-refractivity contribution in [2.24, 2.45) is 0 Å². The quantitative estimate of drug-likeness (QED) is 0.577. The summed E-state index contributed by atoms with van der Waals surface area (Å²) in [4.78, 5) is 0. The summed E-state index contributed by atoms with van der Waals surface area (Å²) < 4.78 is 1.07. The zero-order chi connectivity index (χ0) is 13.3. The van der Waals surface area contributed by atoms with Gasteiger partial charge >= 0.3 is 0 Å². The molecule has 0 heterocycles. The third-order valence-electron chi connectivity index (χ3n) is 2.81. The van der Waals surface area contributed by atoms with Gasteiger partial charge in [0.2, 0.25) is 0 Å². The van der Waals surface area contributed by atoms with Gasteiger partial charge in [-0.15, -0.1) is 0 Å². The zero-order valence-corrected chi connectivity index (χ0v) is 14.9. The fraction of sp³-hybridized carbons (Fsp3) is 0.571. The van der Waals surface area contributed by atoms with E-state index in [1.54, 1.807) is 0 Å². The molecule has 18 heavy (non-hydrogen) atoms. The van der Waals surface area contributed by atoms with E-state index in [-0.39, 0.29) is 12.4 Å². The Morgan fingerprint density at radius 1 is 1.17 bits per heavy atom. The van der Waals surface area contributed by atoms with Crippen LogP contribution in [-0.4, -0.2) is 32.8 Å². The molecular formula is C14H25Cl2NSi. The lowest BCUT2D eigenvalue weighted by Gasteiger charge is -2.35. The molecule has 4 heteroatoms. The fourth-order valence-corrected chi connectivity index (χ4v) is 5.54. The first kappa shape index (κ1) is 18.0. The lowest BCUT2D eigenvalue weighted by atomic mass is 10.1. The smallest absolute Gasteiger partial charge is 0.110 e. The molecule has 0 saturated heterocycles. The Bertz CT molecular complexity index is 397. The largest absolute Gasteiger partial charge is 1.00 e. The van der Waals surface area contributed by atoms with E-state index in [1.807, 2.05) is 6.07 Å². The summed E-state index contributed by atoms with van der Waals surface area (Å²) in [6.45, 7) is 10.5. The number of hydrogen-bond donors (Lipinski definition) is 0. The molecule has 0 saturated carbocycles. The van der Waals surface area contributed by atoms with Gasteiger partial charge in [0.1, 0.15) is 14.6 Å². The van der Waals surface area contributed by atoms with Gasteiger partial charge in [0.25, 0.3) is 0 Å². The molecular weight excluding hydrogens is 281 g/mol. The maximum atomic E-state index is 6.00. The molecule has 0 aliphatic carbocycles. The first-order valence-corrected chi connectivity index (χ1v) is 10.2. The van der Waals surface area contributed by atoms with E-state index in [0.29, 0.717) is 0 Å². The van der Waals surface area contributed by atoms with Crippen LogP contribution in [0.15, 0.2) is 18.2 Å². The van der Waals surface area contributed by atoms with Crippen molar-refractivity contribution < 1.29 is 16.9 Å². The molecule has 0 unspecified atom stereocenters. The number of aryl methyl sites for hydroxylation is 1. The Balaban J connectivity index is 0.00000289. The summed E-state index contributed by atoms with van der Waals surface area (Å²) >= 11 is 6.00. The van der Waals surface area contributed by atoms with Gasteiger partial charge in [-0.2, -0.15) is 0 Å². The first-order chi connectivity index (χ1) is 7.59. The summed E-state index contributed by atoms with van der Waals surface area (Å²) in [7, 11) is 3.62. The van der Waals surface area contributed by atoms with Crippen molar-refractivity contribution in [1.82, 2.24) is 0 Å². The third-order valence-corrected chi connectivity index (χ3v) is 4.85. The van der Waals surface area contributed by atoms with E-state index < -0.39 is 8.07 Å². The molecule has 0 bridgehead atoms. The van der Waals surface area contributed by atoms with Crippen molar-refractivity contribution in [2.75, 3.05) is 20.3 Å². The minimum atomic E-state index is -1.03. The van der Waals surface area contributed by atoms with Gasteiger partial charge in [-0.05, 0) is 24.6 Å². The molecule has 0 radical (unpaired) electrons. The van der Waals surface area contributed by atoms with E-state index in [0.717, 1.165) is 16.1 Å². The van der Waals surface area contributed by atoms with Crippen LogP contribution in [-0.2, 0) is 6.54 Å². The summed E-state index contributed by atoms with van der Waals surface area (Å²) in [5.41, 5.74) is 2.72. The molecule has 104 valence electrons. The zero-order valence-electron chi connectivity index (χ0n) is 12.3. The monoisotopic (exact) mass is 305 g/mol. The number of nitrogens with zero attached hydrogens (tertiary/aromatic N) is 1. The van der Waals surface area contributed by atoms with Gasteiger partial charge in [0.15, 0.2) is 0 Å². The van der Waals surface area contributed by atoms with Crippen molar-refractivity contribution in [1.29, 1.82) is 0 Å². The Kier molecular flexibility index (Phi) is 6.41. The number of rotatable bonds is 4. The second-order valence-electron chi connectivity index (χ2n) is 6.88. The normalized spacial score (nSPS) is 12.2. The lowest BCUT2D eigenvalue weighted by molar-refractivity contribution is -0.894. The molecule has 0 aliphatic rings. The molecule has 1 aromatic rings. The van der Waals surface area contributed by atoms with E-state index in [2.05, 4.69) is 52.8 Å². The number of quaternary nitrogens is 1. The van der Waals surface area contributed by atoms with Crippen LogP contribution >= 0.6 is 11.6 Å². The number of benzene rings is 1. The Morgan fingerprint density at radius 2 is 1.72 bits per heavy atom. The highest BCUT2D eigenvalue weighted by atomic mass is 35.5. The van der Waals surface area contributed by atoms with Gasteiger partial charge in [-0.1, -0.05) is 37.3 Å². The summed E-state index contributed by atoms with van der Waals surface area (Å²) in [5, 5.41) is 0.835. The summed E-state index contributed by atoms with van der Waals surface area (Å²) in [6.07, 6.45) is 1.30. The molecule has 0 N–H and O–H groups in total. The predicted molar refractivity (Wildman–Crippen MR) is 80.2 cm³/mol. The highest BCUT2D eigenvalue weighted by Crippen LogP contribution is 2.20. The van der Waals surface area contributed by atoms with Crippen molar-refractivity contribution in [3.05, 3.63) is 34.3 Å². The molecule has 0 spiro atoms. The second-order valence-corrected chi connectivity index (χ2v) is 12.8.